The van der Waals surface area contributed by atoms with Gasteiger partial charge in [-0.25, -0.2) is 9.37 Å². The lowest BCUT2D eigenvalue weighted by atomic mass is 9.83. The molecule has 0 bridgehead atoms. The van der Waals surface area contributed by atoms with E-state index in [0.29, 0.717) is 17.1 Å². The summed E-state index contributed by atoms with van der Waals surface area (Å²) >= 11 is 1.04. The topological polar surface area (TPSA) is 68.0 Å². The first-order valence-corrected chi connectivity index (χ1v) is 7.94. The zero-order valence-electron chi connectivity index (χ0n) is 11.9. The molecule has 114 valence electrons. The van der Waals surface area contributed by atoms with Crippen molar-refractivity contribution in [1.29, 1.82) is 0 Å². The third kappa shape index (κ3) is 3.28. The number of benzene rings is 1. The number of carbonyl (C=O) groups excluding carboxylic acids is 1. The number of hydrogen-bond acceptors (Lipinski definition) is 4. The normalized spacial score (nSPS) is 16.9. The highest BCUT2D eigenvalue weighted by Crippen LogP contribution is 2.27. The van der Waals surface area contributed by atoms with Gasteiger partial charge in [0.05, 0.1) is 0 Å². The van der Waals surface area contributed by atoms with E-state index >= 15 is 0 Å². The van der Waals surface area contributed by atoms with Crippen LogP contribution in [-0.2, 0) is 17.6 Å². The standard InChI is InChI=1S/C16H16FN3OS/c17-13-4-3-10-7-12(2-1-11(10)8-13)16(21)20-14-5-6-19-15(9-14)22-18/h3-6,8-9,12H,1-2,7,18H2,(H,19,20,21)/t12-/m0/s1. The second kappa shape index (κ2) is 6.46. The number of pyridine rings is 1. The number of aromatic nitrogens is 1. The van der Waals surface area contributed by atoms with Crippen molar-refractivity contribution in [3.05, 3.63) is 53.5 Å². The monoisotopic (exact) mass is 317 g/mol. The Bertz CT molecular complexity index is 708. The van der Waals surface area contributed by atoms with E-state index in [-0.39, 0.29) is 17.6 Å². The third-order valence-corrected chi connectivity index (χ3v) is 4.36. The zero-order valence-corrected chi connectivity index (χ0v) is 12.7. The maximum atomic E-state index is 13.2. The number of aryl methyl sites for hydroxylation is 1. The van der Waals surface area contributed by atoms with E-state index in [4.69, 9.17) is 5.14 Å². The van der Waals surface area contributed by atoms with Gasteiger partial charge in [-0.1, -0.05) is 6.07 Å². The summed E-state index contributed by atoms with van der Waals surface area (Å²) < 4.78 is 13.2. The molecule has 0 saturated heterocycles. The summed E-state index contributed by atoms with van der Waals surface area (Å²) in [7, 11) is 0. The summed E-state index contributed by atoms with van der Waals surface area (Å²) in [6.07, 6.45) is 3.71. The Hall–Kier alpha value is -1.92. The van der Waals surface area contributed by atoms with Gasteiger partial charge in [0.2, 0.25) is 5.91 Å². The number of nitrogens with zero attached hydrogens (tertiary/aromatic N) is 1. The molecule has 6 heteroatoms. The van der Waals surface area contributed by atoms with Crippen molar-refractivity contribution < 1.29 is 9.18 Å². The fraction of sp³-hybridized carbons (Fsp3) is 0.250. The largest absolute Gasteiger partial charge is 0.326 e. The predicted molar refractivity (Wildman–Crippen MR) is 84.8 cm³/mol. The number of anilines is 1. The number of carbonyl (C=O) groups is 1. The Morgan fingerprint density at radius 1 is 1.32 bits per heavy atom. The van der Waals surface area contributed by atoms with Crippen LogP contribution in [0.5, 0.6) is 0 Å². The Labute approximate surface area is 132 Å². The second-order valence-corrected chi connectivity index (χ2v) is 6.00. The molecule has 22 heavy (non-hydrogen) atoms. The maximum Gasteiger partial charge on any atom is 0.227 e. The minimum absolute atomic E-state index is 0.0193. The minimum Gasteiger partial charge on any atom is -0.326 e. The number of nitrogens with one attached hydrogen (secondary N) is 1. The first-order chi connectivity index (χ1) is 10.7. The quantitative estimate of drug-likeness (QED) is 0.854. The number of halogens is 1. The van der Waals surface area contributed by atoms with Gasteiger partial charge in [-0.2, -0.15) is 0 Å². The lowest BCUT2D eigenvalue weighted by Crippen LogP contribution is -2.28. The van der Waals surface area contributed by atoms with E-state index < -0.39 is 0 Å². The summed E-state index contributed by atoms with van der Waals surface area (Å²) in [6.45, 7) is 0. The summed E-state index contributed by atoms with van der Waals surface area (Å²) in [5.74, 6) is -0.334. The van der Waals surface area contributed by atoms with Gasteiger partial charge in [0.1, 0.15) is 10.8 Å². The molecular formula is C16H16FN3OS. The van der Waals surface area contributed by atoms with Crippen LogP contribution in [0.2, 0.25) is 0 Å². The van der Waals surface area contributed by atoms with Crippen LogP contribution in [0.15, 0.2) is 41.6 Å². The Kier molecular flexibility index (Phi) is 4.40. The van der Waals surface area contributed by atoms with Crippen LogP contribution in [0.3, 0.4) is 0 Å². The van der Waals surface area contributed by atoms with Gasteiger partial charge in [-0.05, 0) is 66.6 Å². The Balaban J connectivity index is 1.69. The highest BCUT2D eigenvalue weighted by Gasteiger charge is 2.25. The smallest absolute Gasteiger partial charge is 0.227 e. The van der Waals surface area contributed by atoms with E-state index in [1.807, 2.05) is 0 Å². The highest BCUT2D eigenvalue weighted by molar-refractivity contribution is 7.97. The minimum atomic E-state index is -0.217. The lowest BCUT2D eigenvalue weighted by Gasteiger charge is -2.24. The van der Waals surface area contributed by atoms with E-state index in [0.717, 1.165) is 35.9 Å². The lowest BCUT2D eigenvalue weighted by molar-refractivity contribution is -0.120. The number of fused-ring (bicyclic) bond motifs is 1. The highest BCUT2D eigenvalue weighted by atomic mass is 32.2. The van der Waals surface area contributed by atoms with Crippen molar-refractivity contribution >= 4 is 23.5 Å². The molecule has 0 fully saturated rings. The van der Waals surface area contributed by atoms with Crippen LogP contribution >= 0.6 is 11.9 Å². The van der Waals surface area contributed by atoms with Crippen molar-refractivity contribution in [2.24, 2.45) is 11.1 Å². The maximum absolute atomic E-state index is 13.2. The van der Waals surface area contributed by atoms with E-state index in [1.54, 1.807) is 30.5 Å². The number of rotatable bonds is 3. The summed E-state index contributed by atoms with van der Waals surface area (Å²) in [4.78, 5) is 16.5. The average Bonchev–Trinajstić information content (AvgIpc) is 2.54. The van der Waals surface area contributed by atoms with Crippen LogP contribution < -0.4 is 10.5 Å². The fourth-order valence-corrected chi connectivity index (χ4v) is 3.06. The van der Waals surface area contributed by atoms with Gasteiger partial charge in [0.25, 0.3) is 0 Å². The van der Waals surface area contributed by atoms with Crippen molar-refractivity contribution in [3.63, 3.8) is 0 Å². The molecule has 1 aliphatic rings. The van der Waals surface area contributed by atoms with Gasteiger partial charge in [-0.3, -0.25) is 9.93 Å². The molecule has 3 N–H and O–H groups in total. The van der Waals surface area contributed by atoms with Crippen molar-refractivity contribution in [2.45, 2.75) is 24.3 Å². The molecule has 1 heterocycles. The molecule has 2 aromatic rings. The number of amides is 1. The van der Waals surface area contributed by atoms with Crippen LogP contribution in [0, 0.1) is 11.7 Å². The number of hydrogen-bond donors (Lipinski definition) is 2. The van der Waals surface area contributed by atoms with E-state index in [1.165, 1.54) is 6.07 Å². The van der Waals surface area contributed by atoms with Crippen LogP contribution in [0.1, 0.15) is 17.5 Å². The first kappa shape index (κ1) is 15.0. The van der Waals surface area contributed by atoms with Gasteiger partial charge >= 0.3 is 0 Å². The molecule has 0 saturated carbocycles. The second-order valence-electron chi connectivity index (χ2n) is 5.34. The van der Waals surface area contributed by atoms with Crippen LogP contribution in [0.25, 0.3) is 0 Å². The SMILES string of the molecule is NSc1cc(NC(=O)[C@H]2CCc3cc(F)ccc3C2)ccn1. The average molecular weight is 317 g/mol. The molecule has 1 amide bonds. The summed E-state index contributed by atoms with van der Waals surface area (Å²) in [5, 5.41) is 9.03. The predicted octanol–water partition coefficient (Wildman–Crippen LogP) is 2.93. The van der Waals surface area contributed by atoms with Gasteiger partial charge in [0, 0.05) is 17.8 Å². The Morgan fingerprint density at radius 3 is 3.00 bits per heavy atom. The van der Waals surface area contributed by atoms with Crippen molar-refractivity contribution in [3.8, 4) is 0 Å². The van der Waals surface area contributed by atoms with Crippen molar-refractivity contribution in [1.82, 2.24) is 4.98 Å². The number of nitrogens with two attached hydrogens (primary N) is 1. The van der Waals surface area contributed by atoms with Gasteiger partial charge < -0.3 is 5.32 Å². The van der Waals surface area contributed by atoms with Crippen molar-refractivity contribution in [2.75, 3.05) is 5.32 Å². The summed E-state index contributed by atoms with van der Waals surface area (Å²) in [5.41, 5.74) is 2.76. The molecule has 1 aromatic carbocycles. The van der Waals surface area contributed by atoms with Gasteiger partial charge in [-0.15, -0.1) is 0 Å². The molecule has 1 atom stereocenters. The molecular weight excluding hydrogens is 301 g/mol. The summed E-state index contributed by atoms with van der Waals surface area (Å²) in [6, 6.07) is 8.28. The van der Waals surface area contributed by atoms with E-state index in [2.05, 4.69) is 10.3 Å². The van der Waals surface area contributed by atoms with Crippen LogP contribution in [0.4, 0.5) is 10.1 Å². The fourth-order valence-electron chi connectivity index (χ4n) is 2.74. The molecule has 0 radical (unpaired) electrons. The molecule has 0 aliphatic heterocycles. The third-order valence-electron chi connectivity index (χ3n) is 3.89. The molecule has 4 nitrogen and oxygen atoms in total. The van der Waals surface area contributed by atoms with Gasteiger partial charge in [0.15, 0.2) is 0 Å². The molecule has 1 aliphatic carbocycles. The van der Waals surface area contributed by atoms with Crippen LogP contribution in [-0.4, -0.2) is 10.9 Å². The zero-order chi connectivity index (χ0) is 15.5. The van der Waals surface area contributed by atoms with E-state index in [9.17, 15) is 9.18 Å². The Morgan fingerprint density at radius 2 is 2.18 bits per heavy atom. The molecule has 0 unspecified atom stereocenters. The molecule has 1 aromatic heterocycles. The first-order valence-electron chi connectivity index (χ1n) is 7.06. The molecule has 3 rings (SSSR count). The molecule has 0 spiro atoms.